The summed E-state index contributed by atoms with van der Waals surface area (Å²) in [6, 6.07) is 0.0915. The fourth-order valence-corrected chi connectivity index (χ4v) is 6.56. The Morgan fingerprint density at radius 2 is 1.48 bits per heavy atom. The van der Waals surface area contributed by atoms with Gasteiger partial charge in [0, 0.05) is 6.04 Å². The average Bonchev–Trinajstić information content (AvgIpc) is 2.98. The van der Waals surface area contributed by atoms with Crippen molar-refractivity contribution in [3.8, 4) is 0 Å². The van der Waals surface area contributed by atoms with Gasteiger partial charge in [-0.3, -0.25) is 15.1 Å². The molecule has 5 nitrogen and oxygen atoms in total. The molecule has 0 aromatic carbocycles. The first-order valence-electron chi connectivity index (χ1n) is 12.5. The summed E-state index contributed by atoms with van der Waals surface area (Å²) in [4.78, 5) is 15.6. The van der Waals surface area contributed by atoms with Crippen molar-refractivity contribution in [1.82, 2.24) is 10.2 Å². The van der Waals surface area contributed by atoms with Crippen LogP contribution in [0.5, 0.6) is 0 Å². The highest BCUT2D eigenvalue weighted by Crippen LogP contribution is 2.40. The largest absolute Gasteiger partial charge is 0.393 e. The van der Waals surface area contributed by atoms with Gasteiger partial charge in [-0.05, 0) is 56.8 Å². The number of rotatable bonds is 6. The number of nitrogens with one attached hydrogen (secondary N) is 2. The van der Waals surface area contributed by atoms with Gasteiger partial charge in [0.2, 0.25) is 0 Å². The number of hydrogen-bond acceptors (Lipinski definition) is 3. The summed E-state index contributed by atoms with van der Waals surface area (Å²) in [6.07, 6.45) is 18.9. The maximum atomic E-state index is 13.8. The molecule has 164 valence electrons. The van der Waals surface area contributed by atoms with Crippen molar-refractivity contribution in [2.45, 2.75) is 127 Å². The molecule has 3 N–H and O–H groups in total. The molecule has 0 aromatic heterocycles. The van der Waals surface area contributed by atoms with Crippen LogP contribution in [-0.2, 0) is 4.79 Å². The number of carbonyl (C=O) groups is 1. The lowest BCUT2D eigenvalue weighted by molar-refractivity contribution is -0.134. The summed E-state index contributed by atoms with van der Waals surface area (Å²) in [6.45, 7) is 0. The number of aliphatic hydroxyl groups excluding tert-OH is 1. The van der Waals surface area contributed by atoms with E-state index in [9.17, 15) is 9.90 Å². The van der Waals surface area contributed by atoms with Crippen molar-refractivity contribution in [2.24, 2.45) is 11.8 Å². The Hall–Kier alpha value is -1.10. The quantitative estimate of drug-likeness (QED) is 0.600. The third-order valence-corrected chi connectivity index (χ3v) is 8.32. The third-order valence-electron chi connectivity index (χ3n) is 8.32. The maximum absolute atomic E-state index is 13.8. The van der Waals surface area contributed by atoms with Crippen LogP contribution in [0.4, 0.5) is 0 Å². The van der Waals surface area contributed by atoms with Gasteiger partial charge in [-0.2, -0.15) is 0 Å². The molecule has 0 spiro atoms. The van der Waals surface area contributed by atoms with Gasteiger partial charge in [-0.1, -0.05) is 64.2 Å². The molecule has 0 radical (unpaired) electrons. The first-order valence-corrected chi connectivity index (χ1v) is 12.5. The fourth-order valence-electron chi connectivity index (χ4n) is 6.56. The van der Waals surface area contributed by atoms with E-state index in [-0.39, 0.29) is 18.1 Å². The summed E-state index contributed by atoms with van der Waals surface area (Å²) >= 11 is 0. The second-order valence-corrected chi connectivity index (χ2v) is 10.4. The monoisotopic (exact) mass is 403 g/mol. The smallest absolute Gasteiger partial charge is 0.255 e. The van der Waals surface area contributed by atoms with Crippen molar-refractivity contribution in [3.05, 3.63) is 0 Å². The lowest BCUT2D eigenvalue weighted by Crippen LogP contribution is -2.50. The van der Waals surface area contributed by atoms with Gasteiger partial charge in [0.1, 0.15) is 5.54 Å². The van der Waals surface area contributed by atoms with E-state index in [0.717, 1.165) is 50.9 Å². The van der Waals surface area contributed by atoms with Crippen LogP contribution in [-0.4, -0.2) is 39.6 Å². The van der Waals surface area contributed by atoms with Crippen LogP contribution in [0.1, 0.15) is 109 Å². The zero-order chi connectivity index (χ0) is 20.3. The lowest BCUT2D eigenvalue weighted by Gasteiger charge is -2.36. The van der Waals surface area contributed by atoms with Crippen LogP contribution in [0.25, 0.3) is 0 Å². The van der Waals surface area contributed by atoms with Crippen molar-refractivity contribution in [2.75, 3.05) is 0 Å². The van der Waals surface area contributed by atoms with E-state index in [4.69, 9.17) is 5.41 Å². The zero-order valence-electron chi connectivity index (χ0n) is 18.1. The zero-order valence-corrected chi connectivity index (χ0v) is 18.1. The topological polar surface area (TPSA) is 76.4 Å². The van der Waals surface area contributed by atoms with Crippen molar-refractivity contribution >= 4 is 11.9 Å². The standard InChI is InChI=1S/C24H41N3O2/c25-23-26-24(17-19-9-5-2-6-10-19,16-15-18-7-3-1-4-8-18)22(29)27(23)20-11-13-21(28)14-12-20/h18-21,28H,1-17H2,(H2,25,26)/t20-,21-,24-/m1/s1. The molecule has 0 unspecified atom stereocenters. The molecular formula is C24H41N3O2. The van der Waals surface area contributed by atoms with Crippen LogP contribution in [0.2, 0.25) is 0 Å². The Kier molecular flexibility index (Phi) is 6.83. The normalized spacial score (nSPS) is 35.1. The Balaban J connectivity index is 1.48. The van der Waals surface area contributed by atoms with Crippen molar-refractivity contribution < 1.29 is 9.90 Å². The highest BCUT2D eigenvalue weighted by molar-refractivity contribution is 6.08. The van der Waals surface area contributed by atoms with Crippen LogP contribution < -0.4 is 5.32 Å². The Bertz CT molecular complexity index is 575. The Morgan fingerprint density at radius 3 is 2.10 bits per heavy atom. The molecular weight excluding hydrogens is 362 g/mol. The summed E-state index contributed by atoms with van der Waals surface area (Å²) in [5, 5.41) is 22.0. The van der Waals surface area contributed by atoms with E-state index in [1.807, 2.05) is 0 Å². The summed E-state index contributed by atoms with van der Waals surface area (Å²) < 4.78 is 0. The van der Waals surface area contributed by atoms with Crippen molar-refractivity contribution in [1.29, 1.82) is 5.41 Å². The fraction of sp³-hybridized carbons (Fsp3) is 0.917. The van der Waals surface area contributed by atoms with E-state index in [0.29, 0.717) is 11.9 Å². The van der Waals surface area contributed by atoms with Gasteiger partial charge in [-0.25, -0.2) is 0 Å². The molecule has 5 heteroatoms. The number of guanidine groups is 1. The van der Waals surface area contributed by atoms with Crippen LogP contribution >= 0.6 is 0 Å². The van der Waals surface area contributed by atoms with Crippen LogP contribution in [0.3, 0.4) is 0 Å². The minimum absolute atomic E-state index is 0.0915. The van der Waals surface area contributed by atoms with E-state index < -0.39 is 5.54 Å². The van der Waals surface area contributed by atoms with Gasteiger partial charge >= 0.3 is 0 Å². The predicted molar refractivity (Wildman–Crippen MR) is 116 cm³/mol. The molecule has 1 saturated heterocycles. The molecule has 1 aliphatic heterocycles. The van der Waals surface area contributed by atoms with Gasteiger partial charge in [0.05, 0.1) is 6.10 Å². The van der Waals surface area contributed by atoms with Gasteiger partial charge in [-0.15, -0.1) is 0 Å². The number of amides is 1. The maximum Gasteiger partial charge on any atom is 0.255 e. The molecule has 1 amide bonds. The third kappa shape index (κ3) is 4.81. The molecule has 29 heavy (non-hydrogen) atoms. The number of hydrogen-bond donors (Lipinski definition) is 3. The predicted octanol–water partition coefficient (Wildman–Crippen LogP) is 4.73. The first-order chi connectivity index (χ1) is 14.1. The van der Waals surface area contributed by atoms with Gasteiger partial charge < -0.3 is 10.4 Å². The molecule has 1 atom stereocenters. The van der Waals surface area contributed by atoms with E-state index in [2.05, 4.69) is 5.32 Å². The van der Waals surface area contributed by atoms with E-state index in [1.165, 1.54) is 64.2 Å². The molecule has 0 aromatic rings. The number of nitrogens with zero attached hydrogens (tertiary/aromatic N) is 1. The highest BCUT2D eigenvalue weighted by Gasteiger charge is 2.52. The average molecular weight is 404 g/mol. The second kappa shape index (κ2) is 9.36. The molecule has 4 aliphatic rings. The summed E-state index contributed by atoms with van der Waals surface area (Å²) in [7, 11) is 0. The molecule has 4 rings (SSSR count). The molecule has 4 fully saturated rings. The van der Waals surface area contributed by atoms with E-state index in [1.54, 1.807) is 4.90 Å². The van der Waals surface area contributed by atoms with Crippen LogP contribution in [0.15, 0.2) is 0 Å². The van der Waals surface area contributed by atoms with Crippen LogP contribution in [0, 0.1) is 17.2 Å². The number of aliphatic hydroxyl groups is 1. The summed E-state index contributed by atoms with van der Waals surface area (Å²) in [5.41, 5.74) is -0.549. The Morgan fingerprint density at radius 1 is 0.897 bits per heavy atom. The minimum Gasteiger partial charge on any atom is -0.393 e. The van der Waals surface area contributed by atoms with Crippen molar-refractivity contribution in [3.63, 3.8) is 0 Å². The minimum atomic E-state index is -0.549. The number of carbonyl (C=O) groups excluding carboxylic acids is 1. The lowest BCUT2D eigenvalue weighted by atomic mass is 9.75. The molecule has 1 heterocycles. The second-order valence-electron chi connectivity index (χ2n) is 10.4. The molecule has 3 saturated carbocycles. The van der Waals surface area contributed by atoms with Gasteiger partial charge in [0.15, 0.2) is 5.96 Å². The highest BCUT2D eigenvalue weighted by atomic mass is 16.3. The van der Waals surface area contributed by atoms with E-state index >= 15 is 0 Å². The SMILES string of the molecule is N=C1N[C@](CCC2CCCCC2)(CC2CCCCC2)C(=O)N1[C@H]1CC[C@H](O)CC1. The summed E-state index contributed by atoms with van der Waals surface area (Å²) in [5.74, 6) is 1.88. The Labute approximate surface area is 176 Å². The molecule has 0 bridgehead atoms. The van der Waals surface area contributed by atoms with Gasteiger partial charge in [0.25, 0.3) is 5.91 Å². The first kappa shape index (κ1) is 21.1. The molecule has 3 aliphatic carbocycles.